The van der Waals surface area contributed by atoms with Crippen LogP contribution in [-0.4, -0.2) is 26.2 Å². The summed E-state index contributed by atoms with van der Waals surface area (Å²) in [7, 11) is 2.52. The molecule has 0 saturated heterocycles. The molecule has 0 aliphatic heterocycles. The minimum Gasteiger partial charge on any atom is -0.468 e. The monoisotopic (exact) mass is 214 g/mol. The zero-order valence-corrected chi connectivity index (χ0v) is 9.49. The molecule has 86 valence electrons. The molecule has 0 rings (SSSR count). The lowest BCUT2D eigenvalue weighted by Gasteiger charge is -2.09. The summed E-state index contributed by atoms with van der Waals surface area (Å²) in [4.78, 5) is 22.4. The van der Waals surface area contributed by atoms with Gasteiger partial charge in [-0.3, -0.25) is 9.59 Å². The summed E-state index contributed by atoms with van der Waals surface area (Å²) in [6.45, 7) is 2.06. The van der Waals surface area contributed by atoms with E-state index >= 15 is 0 Å². The average molecular weight is 214 g/mol. The van der Waals surface area contributed by atoms with E-state index in [0.717, 1.165) is 12.8 Å². The van der Waals surface area contributed by atoms with Crippen molar-refractivity contribution in [1.82, 2.24) is 0 Å². The lowest BCUT2D eigenvalue weighted by atomic mass is 10.1. The molecule has 0 unspecified atom stereocenters. The standard InChI is InChI=1S/C11H18O4/c1-4-5-6-7-8-9(10(12)14-2)11(13)15-3/h6-7,9H,4-5,8H2,1-3H3/b7-6+. The fourth-order valence-electron chi connectivity index (χ4n) is 1.09. The molecule has 0 fully saturated rings. The van der Waals surface area contributed by atoms with Crippen molar-refractivity contribution in [2.75, 3.05) is 14.2 Å². The fraction of sp³-hybridized carbons (Fsp3) is 0.636. The summed E-state index contributed by atoms with van der Waals surface area (Å²) < 4.78 is 9.04. The Kier molecular flexibility index (Phi) is 7.32. The van der Waals surface area contributed by atoms with E-state index in [4.69, 9.17) is 0 Å². The van der Waals surface area contributed by atoms with Crippen LogP contribution in [0.4, 0.5) is 0 Å². The molecule has 0 heterocycles. The number of unbranched alkanes of at least 4 members (excludes halogenated alkanes) is 1. The van der Waals surface area contributed by atoms with Gasteiger partial charge in [0.05, 0.1) is 14.2 Å². The Balaban J connectivity index is 4.25. The van der Waals surface area contributed by atoms with Gasteiger partial charge in [0, 0.05) is 0 Å². The highest BCUT2D eigenvalue weighted by Gasteiger charge is 2.26. The van der Waals surface area contributed by atoms with Crippen LogP contribution in [0.25, 0.3) is 0 Å². The number of esters is 2. The van der Waals surface area contributed by atoms with Crippen LogP contribution in [0.3, 0.4) is 0 Å². The molecule has 0 aromatic heterocycles. The van der Waals surface area contributed by atoms with Gasteiger partial charge in [0.15, 0.2) is 5.92 Å². The van der Waals surface area contributed by atoms with Crippen molar-refractivity contribution in [3.63, 3.8) is 0 Å². The second kappa shape index (κ2) is 8.03. The molecular formula is C11H18O4. The first kappa shape index (κ1) is 13.7. The number of allylic oxidation sites excluding steroid dienone is 2. The molecule has 0 spiro atoms. The van der Waals surface area contributed by atoms with Gasteiger partial charge in [-0.05, 0) is 12.8 Å². The minimum atomic E-state index is -0.840. The molecule has 0 bridgehead atoms. The predicted molar refractivity (Wildman–Crippen MR) is 56.2 cm³/mol. The van der Waals surface area contributed by atoms with Crippen LogP contribution in [0.1, 0.15) is 26.2 Å². The van der Waals surface area contributed by atoms with Crippen molar-refractivity contribution in [3.8, 4) is 0 Å². The van der Waals surface area contributed by atoms with Gasteiger partial charge >= 0.3 is 11.9 Å². The summed E-state index contributed by atoms with van der Waals surface area (Å²) >= 11 is 0. The van der Waals surface area contributed by atoms with E-state index in [1.54, 1.807) is 0 Å². The number of carbonyl (C=O) groups excluding carboxylic acids is 2. The van der Waals surface area contributed by atoms with Crippen LogP contribution < -0.4 is 0 Å². The first-order valence-electron chi connectivity index (χ1n) is 4.98. The zero-order valence-electron chi connectivity index (χ0n) is 9.49. The molecule has 0 aliphatic carbocycles. The van der Waals surface area contributed by atoms with E-state index in [-0.39, 0.29) is 0 Å². The second-order valence-corrected chi connectivity index (χ2v) is 3.09. The highest BCUT2D eigenvalue weighted by molar-refractivity contribution is 5.94. The van der Waals surface area contributed by atoms with Gasteiger partial charge in [0.2, 0.25) is 0 Å². The van der Waals surface area contributed by atoms with Crippen LogP contribution in [-0.2, 0) is 19.1 Å². The molecule has 0 aliphatic rings. The van der Waals surface area contributed by atoms with Crippen molar-refractivity contribution in [1.29, 1.82) is 0 Å². The van der Waals surface area contributed by atoms with Crippen LogP contribution in [0.15, 0.2) is 12.2 Å². The summed E-state index contributed by atoms with van der Waals surface area (Å²) in [5, 5.41) is 0. The predicted octanol–water partition coefficient (Wildman–Crippen LogP) is 1.70. The van der Waals surface area contributed by atoms with Gasteiger partial charge in [-0.25, -0.2) is 0 Å². The first-order valence-corrected chi connectivity index (χ1v) is 4.98. The van der Waals surface area contributed by atoms with Crippen LogP contribution in [0.2, 0.25) is 0 Å². The number of rotatable bonds is 6. The molecule has 0 saturated carbocycles. The van der Waals surface area contributed by atoms with Crippen LogP contribution >= 0.6 is 0 Å². The third-order valence-electron chi connectivity index (χ3n) is 1.97. The van der Waals surface area contributed by atoms with E-state index in [9.17, 15) is 9.59 Å². The van der Waals surface area contributed by atoms with E-state index in [0.29, 0.717) is 6.42 Å². The Hall–Kier alpha value is -1.32. The number of carbonyl (C=O) groups is 2. The third kappa shape index (κ3) is 5.20. The molecule has 0 amide bonds. The Morgan fingerprint density at radius 2 is 1.67 bits per heavy atom. The highest BCUT2D eigenvalue weighted by Crippen LogP contribution is 2.09. The summed E-state index contributed by atoms with van der Waals surface area (Å²) in [5.41, 5.74) is 0. The second-order valence-electron chi connectivity index (χ2n) is 3.09. The number of methoxy groups -OCH3 is 2. The molecule has 4 heteroatoms. The van der Waals surface area contributed by atoms with Crippen LogP contribution in [0, 0.1) is 5.92 Å². The maximum absolute atomic E-state index is 11.2. The van der Waals surface area contributed by atoms with Crippen molar-refractivity contribution >= 4 is 11.9 Å². The Labute approximate surface area is 90.2 Å². The topological polar surface area (TPSA) is 52.6 Å². The number of hydrogen-bond acceptors (Lipinski definition) is 4. The van der Waals surface area contributed by atoms with Gasteiger partial charge in [0.1, 0.15) is 0 Å². The van der Waals surface area contributed by atoms with E-state index in [1.807, 2.05) is 12.2 Å². The molecule has 0 atom stereocenters. The zero-order chi connectivity index (χ0) is 11.7. The Morgan fingerprint density at radius 3 is 2.07 bits per heavy atom. The maximum atomic E-state index is 11.2. The highest BCUT2D eigenvalue weighted by atomic mass is 16.5. The smallest absolute Gasteiger partial charge is 0.320 e. The SMILES string of the molecule is CCC/C=C/CC(C(=O)OC)C(=O)OC. The normalized spacial score (nSPS) is 10.7. The summed E-state index contributed by atoms with van der Waals surface area (Å²) in [6.07, 6.45) is 6.06. The molecule has 0 aromatic carbocycles. The van der Waals surface area contributed by atoms with Gasteiger partial charge < -0.3 is 9.47 Å². The number of hydrogen-bond donors (Lipinski definition) is 0. The lowest BCUT2D eigenvalue weighted by Crippen LogP contribution is -2.25. The van der Waals surface area contributed by atoms with Crippen molar-refractivity contribution < 1.29 is 19.1 Å². The van der Waals surface area contributed by atoms with Gasteiger partial charge in [0.25, 0.3) is 0 Å². The van der Waals surface area contributed by atoms with Crippen LogP contribution in [0.5, 0.6) is 0 Å². The molecule has 0 N–H and O–H groups in total. The minimum absolute atomic E-state index is 0.333. The fourth-order valence-corrected chi connectivity index (χ4v) is 1.09. The Morgan fingerprint density at radius 1 is 1.13 bits per heavy atom. The molecule has 4 nitrogen and oxygen atoms in total. The molecule has 0 aromatic rings. The van der Waals surface area contributed by atoms with Crippen molar-refractivity contribution in [2.45, 2.75) is 26.2 Å². The van der Waals surface area contributed by atoms with Gasteiger partial charge in [-0.1, -0.05) is 25.5 Å². The largest absolute Gasteiger partial charge is 0.468 e. The Bertz CT molecular complexity index is 217. The van der Waals surface area contributed by atoms with E-state index < -0.39 is 17.9 Å². The van der Waals surface area contributed by atoms with Gasteiger partial charge in [-0.2, -0.15) is 0 Å². The molecular weight excluding hydrogens is 196 g/mol. The first-order chi connectivity index (χ1) is 7.17. The number of ether oxygens (including phenoxy) is 2. The lowest BCUT2D eigenvalue weighted by molar-refractivity contribution is -0.158. The van der Waals surface area contributed by atoms with Gasteiger partial charge in [-0.15, -0.1) is 0 Å². The maximum Gasteiger partial charge on any atom is 0.320 e. The molecule has 0 radical (unpaired) electrons. The molecule has 15 heavy (non-hydrogen) atoms. The third-order valence-corrected chi connectivity index (χ3v) is 1.97. The average Bonchev–Trinajstić information content (AvgIpc) is 2.27. The summed E-state index contributed by atoms with van der Waals surface area (Å²) in [5.74, 6) is -1.95. The van der Waals surface area contributed by atoms with Crippen molar-refractivity contribution in [3.05, 3.63) is 12.2 Å². The van der Waals surface area contributed by atoms with E-state index in [1.165, 1.54) is 14.2 Å². The summed E-state index contributed by atoms with van der Waals surface area (Å²) in [6, 6.07) is 0. The van der Waals surface area contributed by atoms with Crippen molar-refractivity contribution in [2.24, 2.45) is 5.92 Å². The quantitative estimate of drug-likeness (QED) is 0.383. The van der Waals surface area contributed by atoms with E-state index in [2.05, 4.69) is 16.4 Å².